The molecule has 1 aliphatic heterocycles. The van der Waals surface area contributed by atoms with Crippen LogP contribution in [0.2, 0.25) is 10.0 Å². The molecule has 0 bridgehead atoms. The first kappa shape index (κ1) is 20.3. The molecule has 1 aliphatic rings. The molecule has 1 fully saturated rings. The van der Waals surface area contributed by atoms with Crippen molar-refractivity contribution >= 4 is 34.4 Å². The molecule has 0 saturated carbocycles. The summed E-state index contributed by atoms with van der Waals surface area (Å²) in [7, 11) is 0. The highest BCUT2D eigenvalue weighted by molar-refractivity contribution is 6.43. The smallest absolute Gasteiger partial charge is 0.122 e. The van der Waals surface area contributed by atoms with Crippen LogP contribution >= 0.6 is 23.2 Å². The zero-order valence-electron chi connectivity index (χ0n) is 16.7. The zero-order valence-corrected chi connectivity index (χ0v) is 18.2. The minimum atomic E-state index is 0.620. The standard InChI is InChI=1S/C22H26Cl2N4O/c1-17-16-25-28-9-7-18(15-21(17)28)29-14-3-2-8-26-10-12-27(13-11-26)20-6-4-5-19(23)22(20)24/h4-7,9,15-16H,2-3,8,10-14H2,1H3. The second-order valence-electron chi connectivity index (χ2n) is 7.48. The second kappa shape index (κ2) is 9.24. The van der Waals surface area contributed by atoms with Gasteiger partial charge in [0, 0.05) is 38.4 Å². The fraction of sp³-hybridized carbons (Fsp3) is 0.409. The predicted molar refractivity (Wildman–Crippen MR) is 120 cm³/mol. The Labute approximate surface area is 181 Å². The van der Waals surface area contributed by atoms with Gasteiger partial charge in [-0.25, -0.2) is 4.52 Å². The molecule has 0 radical (unpaired) electrons. The number of nitrogens with zero attached hydrogens (tertiary/aromatic N) is 4. The maximum absolute atomic E-state index is 6.36. The highest BCUT2D eigenvalue weighted by Crippen LogP contribution is 2.32. The average Bonchev–Trinajstić information content (AvgIpc) is 3.11. The van der Waals surface area contributed by atoms with Gasteiger partial charge in [0.2, 0.25) is 0 Å². The molecule has 5 nitrogen and oxygen atoms in total. The van der Waals surface area contributed by atoms with Crippen LogP contribution in [0.3, 0.4) is 0 Å². The van der Waals surface area contributed by atoms with Crippen LogP contribution < -0.4 is 9.64 Å². The van der Waals surface area contributed by atoms with Crippen molar-refractivity contribution < 1.29 is 4.74 Å². The van der Waals surface area contributed by atoms with Crippen LogP contribution in [-0.2, 0) is 0 Å². The monoisotopic (exact) mass is 432 g/mol. The van der Waals surface area contributed by atoms with Gasteiger partial charge in [0.15, 0.2) is 0 Å². The Morgan fingerprint density at radius 2 is 1.90 bits per heavy atom. The van der Waals surface area contributed by atoms with E-state index in [0.29, 0.717) is 10.0 Å². The molecule has 0 spiro atoms. The molecular formula is C22H26Cl2N4O. The molecule has 4 rings (SSSR count). The van der Waals surface area contributed by atoms with E-state index >= 15 is 0 Å². The first-order chi connectivity index (χ1) is 14.1. The van der Waals surface area contributed by atoms with Crippen molar-refractivity contribution in [2.24, 2.45) is 0 Å². The van der Waals surface area contributed by atoms with E-state index in [1.807, 2.05) is 41.2 Å². The van der Waals surface area contributed by atoms with Crippen molar-refractivity contribution in [3.63, 3.8) is 0 Å². The summed E-state index contributed by atoms with van der Waals surface area (Å²) < 4.78 is 7.81. The Hall–Kier alpha value is -1.95. The number of aryl methyl sites for hydroxylation is 1. The lowest BCUT2D eigenvalue weighted by molar-refractivity contribution is 0.238. The van der Waals surface area contributed by atoms with Gasteiger partial charge < -0.3 is 9.64 Å². The van der Waals surface area contributed by atoms with Crippen LogP contribution in [0.4, 0.5) is 5.69 Å². The molecular weight excluding hydrogens is 407 g/mol. The third kappa shape index (κ3) is 4.80. The van der Waals surface area contributed by atoms with E-state index in [0.717, 1.165) is 74.7 Å². The van der Waals surface area contributed by atoms with Gasteiger partial charge in [-0.1, -0.05) is 29.3 Å². The van der Waals surface area contributed by atoms with Crippen LogP contribution in [0.5, 0.6) is 5.75 Å². The first-order valence-electron chi connectivity index (χ1n) is 10.1. The van der Waals surface area contributed by atoms with Crippen molar-refractivity contribution in [1.82, 2.24) is 14.5 Å². The number of hydrogen-bond donors (Lipinski definition) is 0. The fourth-order valence-corrected chi connectivity index (χ4v) is 4.16. The lowest BCUT2D eigenvalue weighted by atomic mass is 10.2. The molecule has 1 aromatic carbocycles. The van der Waals surface area contributed by atoms with Crippen LogP contribution in [0, 0.1) is 6.92 Å². The Kier molecular flexibility index (Phi) is 6.48. The minimum absolute atomic E-state index is 0.620. The number of aromatic nitrogens is 2. The van der Waals surface area contributed by atoms with E-state index in [9.17, 15) is 0 Å². The van der Waals surface area contributed by atoms with E-state index in [4.69, 9.17) is 27.9 Å². The number of fused-ring (bicyclic) bond motifs is 1. The number of hydrogen-bond acceptors (Lipinski definition) is 4. The molecule has 3 heterocycles. The minimum Gasteiger partial charge on any atom is -0.493 e. The van der Waals surface area contributed by atoms with E-state index in [1.165, 1.54) is 0 Å². The first-order valence-corrected chi connectivity index (χ1v) is 10.9. The number of rotatable bonds is 7. The van der Waals surface area contributed by atoms with E-state index in [2.05, 4.69) is 27.9 Å². The number of piperazine rings is 1. The molecule has 3 aromatic rings. The molecule has 29 heavy (non-hydrogen) atoms. The number of ether oxygens (including phenoxy) is 1. The molecule has 0 atom stereocenters. The molecule has 154 valence electrons. The van der Waals surface area contributed by atoms with Crippen molar-refractivity contribution in [3.05, 3.63) is 58.3 Å². The number of halogens is 2. The molecule has 0 unspecified atom stereocenters. The summed E-state index contributed by atoms with van der Waals surface area (Å²) >= 11 is 12.5. The predicted octanol–water partition coefficient (Wildman–Crippen LogP) is 4.93. The van der Waals surface area contributed by atoms with Gasteiger partial charge in [-0.05, 0) is 50.1 Å². The summed E-state index contributed by atoms with van der Waals surface area (Å²) in [4.78, 5) is 4.83. The number of anilines is 1. The van der Waals surface area contributed by atoms with Gasteiger partial charge in [-0.3, -0.25) is 4.90 Å². The Morgan fingerprint density at radius 3 is 2.72 bits per heavy atom. The summed E-state index contributed by atoms with van der Waals surface area (Å²) in [6.07, 6.45) is 6.00. The Morgan fingerprint density at radius 1 is 1.07 bits per heavy atom. The SMILES string of the molecule is Cc1cnn2ccc(OCCCCN3CCN(c4cccc(Cl)c4Cl)CC3)cc12. The van der Waals surface area contributed by atoms with E-state index in [1.54, 1.807) is 0 Å². The Balaban J connectivity index is 1.17. The van der Waals surface area contributed by atoms with Gasteiger partial charge in [0.25, 0.3) is 0 Å². The second-order valence-corrected chi connectivity index (χ2v) is 8.26. The highest BCUT2D eigenvalue weighted by atomic mass is 35.5. The fourth-order valence-electron chi connectivity index (χ4n) is 3.75. The lowest BCUT2D eigenvalue weighted by Gasteiger charge is -2.36. The molecule has 1 saturated heterocycles. The number of unbranched alkanes of at least 4 members (excludes halogenated alkanes) is 1. The lowest BCUT2D eigenvalue weighted by Crippen LogP contribution is -2.46. The van der Waals surface area contributed by atoms with Crippen molar-refractivity contribution in [2.75, 3.05) is 44.2 Å². The summed E-state index contributed by atoms with van der Waals surface area (Å²) in [5, 5.41) is 5.57. The van der Waals surface area contributed by atoms with Gasteiger partial charge in [-0.15, -0.1) is 0 Å². The van der Waals surface area contributed by atoms with Gasteiger partial charge in [-0.2, -0.15) is 5.10 Å². The quantitative estimate of drug-likeness (QED) is 0.495. The summed E-state index contributed by atoms with van der Waals surface area (Å²) in [5.41, 5.74) is 3.30. The summed E-state index contributed by atoms with van der Waals surface area (Å²) in [6, 6.07) is 9.87. The maximum atomic E-state index is 6.36. The third-order valence-electron chi connectivity index (χ3n) is 5.47. The maximum Gasteiger partial charge on any atom is 0.122 e. The van der Waals surface area contributed by atoms with Crippen molar-refractivity contribution in [1.29, 1.82) is 0 Å². The largest absolute Gasteiger partial charge is 0.493 e. The summed E-state index contributed by atoms with van der Waals surface area (Å²) in [5.74, 6) is 0.910. The van der Waals surface area contributed by atoms with Crippen LogP contribution in [0.25, 0.3) is 5.52 Å². The molecule has 0 amide bonds. The van der Waals surface area contributed by atoms with Crippen LogP contribution in [-0.4, -0.2) is 53.8 Å². The van der Waals surface area contributed by atoms with Crippen molar-refractivity contribution in [3.8, 4) is 5.75 Å². The number of pyridine rings is 1. The van der Waals surface area contributed by atoms with Gasteiger partial charge >= 0.3 is 0 Å². The van der Waals surface area contributed by atoms with Crippen molar-refractivity contribution in [2.45, 2.75) is 19.8 Å². The molecule has 0 N–H and O–H groups in total. The van der Waals surface area contributed by atoms with Gasteiger partial charge in [0.05, 0.1) is 34.1 Å². The summed E-state index contributed by atoms with van der Waals surface area (Å²) in [6.45, 7) is 7.93. The highest BCUT2D eigenvalue weighted by Gasteiger charge is 2.19. The van der Waals surface area contributed by atoms with Crippen LogP contribution in [0.1, 0.15) is 18.4 Å². The molecule has 0 aliphatic carbocycles. The van der Waals surface area contributed by atoms with E-state index < -0.39 is 0 Å². The Bertz CT molecular complexity index is 967. The van der Waals surface area contributed by atoms with Gasteiger partial charge in [0.1, 0.15) is 5.75 Å². The normalized spacial score (nSPS) is 15.2. The topological polar surface area (TPSA) is 33.0 Å². The average molecular weight is 433 g/mol. The zero-order chi connectivity index (χ0) is 20.2. The third-order valence-corrected chi connectivity index (χ3v) is 6.28. The van der Waals surface area contributed by atoms with Crippen LogP contribution in [0.15, 0.2) is 42.7 Å². The van der Waals surface area contributed by atoms with E-state index in [-0.39, 0.29) is 0 Å². The molecule has 2 aromatic heterocycles. The molecule has 7 heteroatoms. The number of benzene rings is 1.